The third-order valence-corrected chi connectivity index (χ3v) is 4.21. The molecule has 0 bridgehead atoms. The number of amides is 1. The molecule has 2 rings (SSSR count). The summed E-state index contributed by atoms with van der Waals surface area (Å²) in [5, 5.41) is 10.0. The molecular formula is C13H23NO3. The molecule has 0 aromatic rings. The van der Waals surface area contributed by atoms with Crippen LogP contribution in [0.5, 0.6) is 0 Å². The van der Waals surface area contributed by atoms with E-state index in [-0.39, 0.29) is 11.8 Å². The van der Waals surface area contributed by atoms with Crippen LogP contribution in [0.4, 0.5) is 0 Å². The van der Waals surface area contributed by atoms with Crippen LogP contribution in [-0.4, -0.2) is 47.3 Å². The van der Waals surface area contributed by atoms with Crippen LogP contribution in [0.3, 0.4) is 0 Å². The van der Waals surface area contributed by atoms with Crippen molar-refractivity contribution in [3.05, 3.63) is 0 Å². The van der Waals surface area contributed by atoms with Gasteiger partial charge in [0.25, 0.3) is 0 Å². The highest BCUT2D eigenvalue weighted by Gasteiger charge is 2.42. The van der Waals surface area contributed by atoms with Crippen molar-refractivity contribution >= 4 is 5.91 Å². The lowest BCUT2D eigenvalue weighted by atomic mass is 9.85. The number of nitrogens with zero attached hydrogens (tertiary/aromatic N) is 1. The number of hydrogen-bond donors (Lipinski definition) is 1. The molecule has 4 heteroatoms. The van der Waals surface area contributed by atoms with Crippen molar-refractivity contribution in [2.45, 2.75) is 51.2 Å². The van der Waals surface area contributed by atoms with E-state index in [1.165, 1.54) is 0 Å². The van der Waals surface area contributed by atoms with E-state index >= 15 is 0 Å². The second kappa shape index (κ2) is 4.94. The Labute approximate surface area is 103 Å². The van der Waals surface area contributed by atoms with Gasteiger partial charge in [-0.05, 0) is 39.5 Å². The van der Waals surface area contributed by atoms with Crippen LogP contribution in [0.2, 0.25) is 0 Å². The van der Waals surface area contributed by atoms with E-state index < -0.39 is 11.6 Å². The first kappa shape index (κ1) is 12.8. The van der Waals surface area contributed by atoms with E-state index in [4.69, 9.17) is 4.74 Å². The van der Waals surface area contributed by atoms with E-state index in [2.05, 4.69) is 0 Å². The molecule has 1 unspecified atom stereocenters. The van der Waals surface area contributed by atoms with Gasteiger partial charge >= 0.3 is 0 Å². The standard InChI is InChI=1S/C13H23NO3/c1-13(2)11(15)4-3-7-14(13)12(16)10-5-8-17-9-6-10/h10-11,15H,3-9H2,1-2H3. The first-order valence-electron chi connectivity index (χ1n) is 6.61. The minimum absolute atomic E-state index is 0.0910. The molecule has 2 saturated heterocycles. The Kier molecular flexibility index (Phi) is 3.73. The molecule has 0 aromatic carbocycles. The topological polar surface area (TPSA) is 49.8 Å². The maximum Gasteiger partial charge on any atom is 0.226 e. The van der Waals surface area contributed by atoms with Crippen molar-refractivity contribution < 1.29 is 14.6 Å². The highest BCUT2D eigenvalue weighted by atomic mass is 16.5. The fraction of sp³-hybridized carbons (Fsp3) is 0.923. The Morgan fingerprint density at radius 3 is 2.59 bits per heavy atom. The summed E-state index contributed by atoms with van der Waals surface area (Å²) in [6.45, 7) is 6.09. The molecule has 1 atom stereocenters. The number of carbonyl (C=O) groups is 1. The smallest absolute Gasteiger partial charge is 0.226 e. The van der Waals surface area contributed by atoms with Crippen molar-refractivity contribution in [1.29, 1.82) is 0 Å². The molecule has 98 valence electrons. The summed E-state index contributed by atoms with van der Waals surface area (Å²) in [4.78, 5) is 14.4. The third kappa shape index (κ3) is 2.47. The third-order valence-electron chi connectivity index (χ3n) is 4.21. The Hall–Kier alpha value is -0.610. The SMILES string of the molecule is CC1(C)C(O)CCCN1C(=O)C1CCOCC1. The minimum atomic E-state index is -0.423. The van der Waals surface area contributed by atoms with Gasteiger partial charge in [-0.15, -0.1) is 0 Å². The molecule has 1 amide bonds. The zero-order chi connectivity index (χ0) is 12.5. The summed E-state index contributed by atoms with van der Waals surface area (Å²) in [6.07, 6.45) is 2.94. The second-order valence-corrected chi connectivity index (χ2v) is 5.69. The minimum Gasteiger partial charge on any atom is -0.391 e. The van der Waals surface area contributed by atoms with Crippen molar-refractivity contribution in [1.82, 2.24) is 4.90 Å². The molecule has 2 aliphatic heterocycles. The molecule has 0 aliphatic carbocycles. The number of carbonyl (C=O) groups excluding carboxylic acids is 1. The highest BCUT2D eigenvalue weighted by Crippen LogP contribution is 2.31. The Morgan fingerprint density at radius 2 is 1.94 bits per heavy atom. The number of piperidine rings is 1. The number of hydrogen-bond acceptors (Lipinski definition) is 3. The van der Waals surface area contributed by atoms with E-state index in [0.717, 1.165) is 32.2 Å². The Balaban J connectivity index is 2.06. The fourth-order valence-corrected chi connectivity index (χ4v) is 2.82. The summed E-state index contributed by atoms with van der Waals surface area (Å²) in [7, 11) is 0. The monoisotopic (exact) mass is 241 g/mol. The van der Waals surface area contributed by atoms with Gasteiger partial charge in [-0.3, -0.25) is 4.79 Å². The predicted molar refractivity (Wildman–Crippen MR) is 64.6 cm³/mol. The predicted octanol–water partition coefficient (Wildman–Crippen LogP) is 1.17. The maximum atomic E-state index is 12.5. The molecule has 0 radical (unpaired) electrons. The second-order valence-electron chi connectivity index (χ2n) is 5.69. The summed E-state index contributed by atoms with van der Waals surface area (Å²) < 4.78 is 5.29. The Morgan fingerprint density at radius 1 is 1.29 bits per heavy atom. The average Bonchev–Trinajstić information content (AvgIpc) is 2.33. The lowest BCUT2D eigenvalue weighted by Crippen LogP contribution is -2.59. The van der Waals surface area contributed by atoms with E-state index in [0.29, 0.717) is 13.2 Å². The number of likely N-dealkylation sites (tertiary alicyclic amines) is 1. The van der Waals surface area contributed by atoms with Crippen LogP contribution >= 0.6 is 0 Å². The largest absolute Gasteiger partial charge is 0.391 e. The van der Waals surface area contributed by atoms with Crippen LogP contribution in [-0.2, 0) is 9.53 Å². The van der Waals surface area contributed by atoms with Crippen molar-refractivity contribution in [3.8, 4) is 0 Å². The Bertz CT molecular complexity index is 284. The van der Waals surface area contributed by atoms with E-state index in [1.807, 2.05) is 18.7 Å². The summed E-state index contributed by atoms with van der Waals surface area (Å²) in [6, 6.07) is 0. The van der Waals surface area contributed by atoms with Crippen LogP contribution < -0.4 is 0 Å². The number of aliphatic hydroxyl groups excluding tert-OH is 1. The van der Waals surface area contributed by atoms with Crippen LogP contribution in [0.15, 0.2) is 0 Å². The van der Waals surface area contributed by atoms with Gasteiger partial charge in [-0.1, -0.05) is 0 Å². The van der Waals surface area contributed by atoms with Gasteiger partial charge in [0.15, 0.2) is 0 Å². The van der Waals surface area contributed by atoms with E-state index in [1.54, 1.807) is 0 Å². The zero-order valence-electron chi connectivity index (χ0n) is 10.8. The summed E-state index contributed by atoms with van der Waals surface area (Å²) in [5.41, 5.74) is -0.423. The average molecular weight is 241 g/mol. The molecule has 2 fully saturated rings. The summed E-state index contributed by atoms with van der Waals surface area (Å²) >= 11 is 0. The van der Waals surface area contributed by atoms with Gasteiger partial charge < -0.3 is 14.7 Å². The van der Waals surface area contributed by atoms with Crippen LogP contribution in [0, 0.1) is 5.92 Å². The molecule has 0 aromatic heterocycles. The molecule has 2 heterocycles. The van der Waals surface area contributed by atoms with Gasteiger partial charge in [-0.25, -0.2) is 0 Å². The molecule has 2 aliphatic rings. The number of aliphatic hydroxyl groups is 1. The van der Waals surface area contributed by atoms with Crippen molar-refractivity contribution in [2.75, 3.05) is 19.8 Å². The zero-order valence-corrected chi connectivity index (χ0v) is 10.8. The first-order chi connectivity index (χ1) is 8.03. The highest BCUT2D eigenvalue weighted by molar-refractivity contribution is 5.80. The van der Waals surface area contributed by atoms with Gasteiger partial charge in [0.1, 0.15) is 0 Å². The quantitative estimate of drug-likeness (QED) is 0.750. The van der Waals surface area contributed by atoms with E-state index in [9.17, 15) is 9.90 Å². The van der Waals surface area contributed by atoms with Gasteiger partial charge in [0.2, 0.25) is 5.91 Å². The lowest BCUT2D eigenvalue weighted by molar-refractivity contribution is -0.152. The van der Waals surface area contributed by atoms with Crippen molar-refractivity contribution in [2.24, 2.45) is 5.92 Å². The number of rotatable bonds is 1. The molecule has 0 saturated carbocycles. The van der Waals surface area contributed by atoms with Crippen LogP contribution in [0.1, 0.15) is 39.5 Å². The molecular weight excluding hydrogens is 218 g/mol. The lowest BCUT2D eigenvalue weighted by Gasteiger charge is -2.47. The van der Waals surface area contributed by atoms with Gasteiger partial charge in [0, 0.05) is 25.7 Å². The van der Waals surface area contributed by atoms with Gasteiger partial charge in [-0.2, -0.15) is 0 Å². The molecule has 1 N–H and O–H groups in total. The maximum absolute atomic E-state index is 12.5. The normalized spacial score (nSPS) is 30.3. The molecule has 0 spiro atoms. The van der Waals surface area contributed by atoms with Crippen LogP contribution in [0.25, 0.3) is 0 Å². The number of ether oxygens (including phenoxy) is 1. The molecule has 4 nitrogen and oxygen atoms in total. The van der Waals surface area contributed by atoms with Gasteiger partial charge in [0.05, 0.1) is 11.6 Å². The molecule has 17 heavy (non-hydrogen) atoms. The first-order valence-corrected chi connectivity index (χ1v) is 6.61. The summed E-state index contributed by atoms with van der Waals surface area (Å²) in [5.74, 6) is 0.297. The van der Waals surface area contributed by atoms with Crippen molar-refractivity contribution in [3.63, 3.8) is 0 Å². The fourth-order valence-electron chi connectivity index (χ4n) is 2.82.